The van der Waals surface area contributed by atoms with Crippen LogP contribution in [0.25, 0.3) is 43.1 Å². The number of hydrogen-bond acceptors (Lipinski definition) is 6. The smallest absolute Gasteiger partial charge is 0.337 e. The van der Waals surface area contributed by atoms with Crippen LogP contribution in [0.4, 0.5) is 0 Å². The number of unbranched alkanes of at least 4 members (excludes halogenated alkanes) is 1. The van der Waals surface area contributed by atoms with Crippen LogP contribution in [-0.4, -0.2) is 37.2 Å². The first-order valence-electron chi connectivity index (χ1n) is 12.1. The van der Waals surface area contributed by atoms with E-state index >= 15 is 0 Å². The van der Waals surface area contributed by atoms with Crippen LogP contribution in [0, 0.1) is 13.8 Å². The van der Waals surface area contributed by atoms with E-state index in [1.165, 1.54) is 11.3 Å². The lowest BCUT2D eigenvalue weighted by Gasteiger charge is -2.21. The molecule has 0 bridgehead atoms. The molecule has 1 N–H and O–H groups in total. The number of nitrogens with zero attached hydrogens (tertiary/aromatic N) is 4. The van der Waals surface area contributed by atoms with Gasteiger partial charge < -0.3 is 14.4 Å². The van der Waals surface area contributed by atoms with E-state index in [1.807, 2.05) is 75.0 Å². The first kappa shape index (κ1) is 25.3. The molecule has 1 unspecified atom stereocenters. The van der Waals surface area contributed by atoms with Crippen molar-refractivity contribution >= 4 is 50.3 Å². The number of thiazole rings is 1. The van der Waals surface area contributed by atoms with Gasteiger partial charge >= 0.3 is 5.97 Å². The molecule has 0 radical (unpaired) electrons. The summed E-state index contributed by atoms with van der Waals surface area (Å²) in [4.78, 5) is 26.6. The fourth-order valence-electron chi connectivity index (χ4n) is 4.51. The highest BCUT2D eigenvalue weighted by Gasteiger charge is 2.29. The second-order valence-corrected chi connectivity index (χ2v) is 10.5. The van der Waals surface area contributed by atoms with Crippen molar-refractivity contribution in [3.05, 3.63) is 64.6 Å². The van der Waals surface area contributed by atoms with Crippen molar-refractivity contribution in [2.45, 2.75) is 39.7 Å². The van der Waals surface area contributed by atoms with E-state index in [-0.39, 0.29) is 0 Å². The van der Waals surface area contributed by atoms with Gasteiger partial charge in [-0.3, -0.25) is 0 Å². The van der Waals surface area contributed by atoms with Gasteiger partial charge in [-0.2, -0.15) is 0 Å². The third kappa shape index (κ3) is 4.72. The van der Waals surface area contributed by atoms with E-state index in [0.29, 0.717) is 17.2 Å². The molecule has 1 atom stereocenters. The standard InChI is InChI=1S/C28H27ClN4O3S/c1-5-6-11-36-24(28(34)35)22-15(2)12-20-25(23(22)17-7-9-19(29)10-8-17)37-27(32-20)18-13-21-26(30-14-18)33(4)16(3)31-21/h7-10,12-14,24H,5-6,11H2,1-4H3,(H,34,35). The topological polar surface area (TPSA) is 90.1 Å². The maximum absolute atomic E-state index is 12.4. The molecular weight excluding hydrogens is 508 g/mol. The molecule has 9 heteroatoms. The predicted octanol–water partition coefficient (Wildman–Crippen LogP) is 7.12. The molecule has 0 saturated carbocycles. The summed E-state index contributed by atoms with van der Waals surface area (Å²) in [6.45, 7) is 6.28. The summed E-state index contributed by atoms with van der Waals surface area (Å²) in [6.07, 6.45) is 2.42. The van der Waals surface area contributed by atoms with Gasteiger partial charge in [0.15, 0.2) is 11.8 Å². The van der Waals surface area contributed by atoms with Crippen LogP contribution in [0.15, 0.2) is 42.6 Å². The molecule has 7 nitrogen and oxygen atoms in total. The first-order valence-corrected chi connectivity index (χ1v) is 13.3. The van der Waals surface area contributed by atoms with Gasteiger partial charge in [-0.25, -0.2) is 19.7 Å². The van der Waals surface area contributed by atoms with Crippen molar-refractivity contribution in [3.63, 3.8) is 0 Å². The summed E-state index contributed by atoms with van der Waals surface area (Å²) in [7, 11) is 1.94. The van der Waals surface area contributed by atoms with Crippen LogP contribution in [0.1, 0.15) is 42.8 Å². The van der Waals surface area contributed by atoms with E-state index in [9.17, 15) is 9.90 Å². The van der Waals surface area contributed by atoms with Gasteiger partial charge in [0.1, 0.15) is 16.3 Å². The molecule has 0 aliphatic heterocycles. The maximum Gasteiger partial charge on any atom is 0.337 e. The number of rotatable bonds is 8. The Morgan fingerprint density at radius 1 is 1.14 bits per heavy atom. The lowest BCUT2D eigenvalue weighted by molar-refractivity contribution is -0.151. The Kier molecular flexibility index (Phi) is 6.98. The van der Waals surface area contributed by atoms with Gasteiger partial charge in [0.2, 0.25) is 0 Å². The predicted molar refractivity (Wildman–Crippen MR) is 148 cm³/mol. The van der Waals surface area contributed by atoms with Crippen molar-refractivity contribution in [1.82, 2.24) is 19.5 Å². The van der Waals surface area contributed by atoms with E-state index in [2.05, 4.69) is 9.97 Å². The molecule has 0 aliphatic carbocycles. The van der Waals surface area contributed by atoms with Gasteiger partial charge in [-0.15, -0.1) is 11.3 Å². The average molecular weight is 535 g/mol. The molecule has 37 heavy (non-hydrogen) atoms. The quantitative estimate of drug-likeness (QED) is 0.213. The Morgan fingerprint density at radius 2 is 1.89 bits per heavy atom. The molecule has 0 saturated heterocycles. The molecular formula is C28H27ClN4O3S. The van der Waals surface area contributed by atoms with Crippen molar-refractivity contribution in [2.75, 3.05) is 6.61 Å². The highest BCUT2D eigenvalue weighted by Crippen LogP contribution is 2.43. The minimum absolute atomic E-state index is 0.369. The first-order chi connectivity index (χ1) is 17.8. The number of benzene rings is 2. The van der Waals surface area contributed by atoms with E-state index in [1.54, 1.807) is 0 Å². The Hall–Kier alpha value is -3.33. The van der Waals surface area contributed by atoms with E-state index < -0.39 is 12.1 Å². The number of hydrogen-bond donors (Lipinski definition) is 1. The summed E-state index contributed by atoms with van der Waals surface area (Å²) in [6, 6.07) is 11.4. The molecule has 0 aliphatic rings. The number of imidazole rings is 1. The number of pyridine rings is 1. The zero-order valence-corrected chi connectivity index (χ0v) is 22.7. The fourth-order valence-corrected chi connectivity index (χ4v) is 5.74. The van der Waals surface area contributed by atoms with Crippen LogP contribution in [-0.2, 0) is 16.6 Å². The van der Waals surface area contributed by atoms with Crippen LogP contribution in [0.2, 0.25) is 5.02 Å². The molecule has 190 valence electrons. The number of carbonyl (C=O) groups is 1. The van der Waals surface area contributed by atoms with E-state index in [4.69, 9.17) is 21.3 Å². The fraction of sp³-hybridized carbons (Fsp3) is 0.286. The number of carboxylic acid groups (broad SMARTS) is 1. The van der Waals surface area contributed by atoms with Gasteiger partial charge in [0.25, 0.3) is 0 Å². The molecule has 3 heterocycles. The van der Waals surface area contributed by atoms with Crippen molar-refractivity contribution in [2.24, 2.45) is 7.05 Å². The largest absolute Gasteiger partial charge is 0.479 e. The lowest BCUT2D eigenvalue weighted by atomic mass is 9.91. The summed E-state index contributed by atoms with van der Waals surface area (Å²) < 4.78 is 8.78. The van der Waals surface area contributed by atoms with Crippen LogP contribution < -0.4 is 0 Å². The van der Waals surface area contributed by atoms with Crippen molar-refractivity contribution in [1.29, 1.82) is 0 Å². The van der Waals surface area contributed by atoms with Gasteiger partial charge in [-0.1, -0.05) is 37.1 Å². The molecule has 0 spiro atoms. The number of fused-ring (bicyclic) bond motifs is 2. The summed E-state index contributed by atoms with van der Waals surface area (Å²) >= 11 is 7.70. The Morgan fingerprint density at radius 3 is 2.59 bits per heavy atom. The summed E-state index contributed by atoms with van der Waals surface area (Å²) in [5.41, 5.74) is 6.40. The van der Waals surface area contributed by atoms with E-state index in [0.717, 1.165) is 67.3 Å². The molecule has 0 amide bonds. The average Bonchev–Trinajstić information content (AvgIpc) is 3.42. The van der Waals surface area contributed by atoms with Crippen LogP contribution in [0.3, 0.4) is 0 Å². The molecule has 3 aromatic heterocycles. The van der Waals surface area contributed by atoms with Gasteiger partial charge in [-0.05, 0) is 55.7 Å². The monoisotopic (exact) mass is 534 g/mol. The number of aliphatic carboxylic acids is 1. The van der Waals surface area contributed by atoms with Crippen LogP contribution in [0.5, 0.6) is 0 Å². The third-order valence-electron chi connectivity index (χ3n) is 6.51. The van der Waals surface area contributed by atoms with Gasteiger partial charge in [0.05, 0.1) is 10.2 Å². The summed E-state index contributed by atoms with van der Waals surface area (Å²) in [5, 5.41) is 11.6. The maximum atomic E-state index is 12.4. The minimum atomic E-state index is -1.10. The molecule has 5 aromatic rings. The van der Waals surface area contributed by atoms with Crippen LogP contribution >= 0.6 is 22.9 Å². The number of aromatic nitrogens is 4. The molecule has 5 rings (SSSR count). The van der Waals surface area contributed by atoms with Crippen molar-refractivity contribution < 1.29 is 14.6 Å². The lowest BCUT2D eigenvalue weighted by Crippen LogP contribution is -2.18. The Labute approximate surface area is 223 Å². The van der Waals surface area contributed by atoms with Crippen molar-refractivity contribution in [3.8, 4) is 21.7 Å². The zero-order valence-electron chi connectivity index (χ0n) is 21.1. The normalized spacial score (nSPS) is 12.5. The molecule has 2 aromatic carbocycles. The SMILES string of the molecule is CCCCOC(C(=O)O)c1c(C)cc2nc(-c3cnc4c(c3)nc(C)n4C)sc2c1-c1ccc(Cl)cc1. The zero-order chi connectivity index (χ0) is 26.3. The third-order valence-corrected chi connectivity index (χ3v) is 7.90. The molecule has 0 fully saturated rings. The Bertz CT molecular complexity index is 1620. The highest BCUT2D eigenvalue weighted by molar-refractivity contribution is 7.22. The number of halogens is 1. The number of aryl methyl sites for hydroxylation is 3. The second kappa shape index (κ2) is 10.2. The number of ether oxygens (including phenoxy) is 1. The van der Waals surface area contributed by atoms with Gasteiger partial charge in [0, 0.05) is 41.6 Å². The number of carboxylic acids is 1. The second-order valence-electron chi connectivity index (χ2n) is 9.08. The summed E-state index contributed by atoms with van der Waals surface area (Å²) in [5.74, 6) is -0.129. The highest BCUT2D eigenvalue weighted by atomic mass is 35.5. The minimum Gasteiger partial charge on any atom is -0.479 e. The Balaban J connectivity index is 1.73.